The Balaban J connectivity index is 1.88. The van der Waals surface area contributed by atoms with E-state index in [1.807, 2.05) is 0 Å². The van der Waals surface area contributed by atoms with E-state index >= 15 is 0 Å². The zero-order valence-corrected chi connectivity index (χ0v) is 18.2. The van der Waals surface area contributed by atoms with Crippen LogP contribution >= 0.6 is 0 Å². The molecule has 0 aliphatic heterocycles. The molecule has 154 valence electrons. The minimum Gasteiger partial charge on any atom is -0.465 e. The topological polar surface area (TPSA) is 27.7 Å². The molecule has 1 aromatic carbocycles. The van der Waals surface area contributed by atoms with Crippen LogP contribution in [-0.2, 0) is 15.9 Å². The van der Waals surface area contributed by atoms with Crippen LogP contribution in [0.15, 0.2) is 24.3 Å². The summed E-state index contributed by atoms with van der Waals surface area (Å²) in [7, 11) is 1.70. The first kappa shape index (κ1) is 22.2. The van der Waals surface area contributed by atoms with Crippen molar-refractivity contribution in [2.24, 2.45) is 10.8 Å². The van der Waals surface area contributed by atoms with Gasteiger partial charge in [0.15, 0.2) is 6.29 Å². The summed E-state index contributed by atoms with van der Waals surface area (Å²) in [4.78, 5) is 0. The van der Waals surface area contributed by atoms with Gasteiger partial charge in [0, 0.05) is 13.5 Å². The number of benzene rings is 1. The highest BCUT2D eigenvalue weighted by Crippen LogP contribution is 2.41. The molecule has 1 atom stereocenters. The molecule has 3 heteroatoms. The molecule has 3 nitrogen and oxygen atoms in total. The van der Waals surface area contributed by atoms with Crippen LogP contribution in [0.5, 0.6) is 5.75 Å². The molecule has 1 aliphatic rings. The average Bonchev–Trinajstić information content (AvgIpc) is 3.05. The van der Waals surface area contributed by atoms with E-state index in [1.165, 1.54) is 37.7 Å². The van der Waals surface area contributed by atoms with E-state index in [2.05, 4.69) is 52.0 Å². The Hall–Kier alpha value is -1.06. The lowest BCUT2D eigenvalue weighted by Gasteiger charge is -2.27. The van der Waals surface area contributed by atoms with E-state index in [9.17, 15) is 0 Å². The van der Waals surface area contributed by atoms with Gasteiger partial charge in [0.25, 0.3) is 0 Å². The standard InChI is InChI=1S/C24H40O3/c1-23(2,3)16-12-20-8-10-21(11-9-20)27-22(26-19-18-25-5)13-17-24(4)14-6-7-15-24/h8-11,22H,6-7,12-19H2,1-5H3. The second-order valence-corrected chi connectivity index (χ2v) is 9.67. The van der Waals surface area contributed by atoms with Crippen molar-refractivity contribution < 1.29 is 14.2 Å². The Kier molecular flexibility index (Phi) is 8.62. The minimum atomic E-state index is -0.196. The molecule has 0 aromatic heterocycles. The summed E-state index contributed by atoms with van der Waals surface area (Å²) < 4.78 is 17.3. The second kappa shape index (κ2) is 10.5. The van der Waals surface area contributed by atoms with Gasteiger partial charge in [-0.2, -0.15) is 0 Å². The van der Waals surface area contributed by atoms with E-state index in [0.717, 1.165) is 25.0 Å². The fourth-order valence-corrected chi connectivity index (χ4v) is 3.79. The molecular weight excluding hydrogens is 336 g/mol. The van der Waals surface area contributed by atoms with Crippen LogP contribution in [0.4, 0.5) is 0 Å². The van der Waals surface area contributed by atoms with Crippen LogP contribution in [-0.4, -0.2) is 26.6 Å². The molecule has 1 aromatic rings. The monoisotopic (exact) mass is 376 g/mol. The highest BCUT2D eigenvalue weighted by Gasteiger charge is 2.29. The minimum absolute atomic E-state index is 0.196. The number of hydrogen-bond acceptors (Lipinski definition) is 3. The van der Waals surface area contributed by atoms with Crippen LogP contribution in [0.3, 0.4) is 0 Å². The van der Waals surface area contributed by atoms with Gasteiger partial charge in [0.2, 0.25) is 0 Å². The Morgan fingerprint density at radius 3 is 2.30 bits per heavy atom. The fraction of sp³-hybridized carbons (Fsp3) is 0.750. The van der Waals surface area contributed by atoms with Gasteiger partial charge in [0.1, 0.15) is 5.75 Å². The van der Waals surface area contributed by atoms with Gasteiger partial charge in [-0.25, -0.2) is 0 Å². The predicted octanol–water partition coefficient (Wildman–Crippen LogP) is 6.39. The first-order valence-corrected chi connectivity index (χ1v) is 10.7. The average molecular weight is 377 g/mol. The maximum absolute atomic E-state index is 6.19. The molecule has 1 unspecified atom stereocenters. The third-order valence-corrected chi connectivity index (χ3v) is 5.74. The van der Waals surface area contributed by atoms with Gasteiger partial charge in [-0.05, 0) is 60.6 Å². The summed E-state index contributed by atoms with van der Waals surface area (Å²) >= 11 is 0. The van der Waals surface area contributed by atoms with E-state index in [-0.39, 0.29) is 6.29 Å². The maximum Gasteiger partial charge on any atom is 0.199 e. The molecule has 0 saturated heterocycles. The lowest BCUT2D eigenvalue weighted by molar-refractivity contribution is -0.100. The van der Waals surface area contributed by atoms with Crippen molar-refractivity contribution in [1.82, 2.24) is 0 Å². The van der Waals surface area contributed by atoms with Crippen molar-refractivity contribution in [3.8, 4) is 5.75 Å². The number of methoxy groups -OCH3 is 1. The van der Waals surface area contributed by atoms with Gasteiger partial charge in [-0.1, -0.05) is 52.7 Å². The van der Waals surface area contributed by atoms with Crippen LogP contribution < -0.4 is 4.74 Å². The zero-order valence-electron chi connectivity index (χ0n) is 18.2. The first-order valence-electron chi connectivity index (χ1n) is 10.7. The molecule has 0 N–H and O–H groups in total. The Morgan fingerprint density at radius 1 is 1.04 bits per heavy atom. The molecular formula is C24H40O3. The molecule has 0 amide bonds. The summed E-state index contributed by atoms with van der Waals surface area (Å²) in [5.41, 5.74) is 2.20. The van der Waals surface area contributed by atoms with Gasteiger partial charge >= 0.3 is 0 Å². The molecule has 0 heterocycles. The first-order chi connectivity index (χ1) is 12.8. The SMILES string of the molecule is COCCOC(CCC1(C)CCCC1)Oc1ccc(CCC(C)(C)C)cc1. The smallest absolute Gasteiger partial charge is 0.199 e. The Labute approximate surface area is 166 Å². The van der Waals surface area contributed by atoms with Crippen molar-refractivity contribution >= 4 is 0 Å². The Bertz CT molecular complexity index is 524. The molecule has 27 heavy (non-hydrogen) atoms. The Morgan fingerprint density at radius 2 is 1.70 bits per heavy atom. The summed E-state index contributed by atoms with van der Waals surface area (Å²) in [6, 6.07) is 8.54. The number of aryl methyl sites for hydroxylation is 1. The van der Waals surface area contributed by atoms with Gasteiger partial charge in [0.05, 0.1) is 13.2 Å². The quantitative estimate of drug-likeness (QED) is 0.331. The van der Waals surface area contributed by atoms with E-state index < -0.39 is 0 Å². The van der Waals surface area contributed by atoms with E-state index in [1.54, 1.807) is 7.11 Å². The lowest BCUT2D eigenvalue weighted by atomic mass is 9.84. The van der Waals surface area contributed by atoms with Crippen molar-refractivity contribution in [2.75, 3.05) is 20.3 Å². The number of hydrogen-bond donors (Lipinski definition) is 0. The van der Waals surface area contributed by atoms with Gasteiger partial charge in [-0.15, -0.1) is 0 Å². The largest absolute Gasteiger partial charge is 0.465 e. The zero-order chi connectivity index (χ0) is 19.8. The predicted molar refractivity (Wildman–Crippen MR) is 112 cm³/mol. The van der Waals surface area contributed by atoms with E-state index in [4.69, 9.17) is 14.2 Å². The van der Waals surface area contributed by atoms with E-state index in [0.29, 0.717) is 24.0 Å². The number of ether oxygens (including phenoxy) is 3. The summed E-state index contributed by atoms with van der Waals surface area (Å²) in [6.45, 7) is 10.5. The molecule has 1 fully saturated rings. The van der Waals surface area contributed by atoms with Crippen LogP contribution in [0.2, 0.25) is 0 Å². The third-order valence-electron chi connectivity index (χ3n) is 5.74. The molecule has 1 aliphatic carbocycles. The van der Waals surface area contributed by atoms with Gasteiger partial charge in [-0.3, -0.25) is 0 Å². The second-order valence-electron chi connectivity index (χ2n) is 9.67. The van der Waals surface area contributed by atoms with Crippen molar-refractivity contribution in [1.29, 1.82) is 0 Å². The van der Waals surface area contributed by atoms with Crippen LogP contribution in [0, 0.1) is 10.8 Å². The van der Waals surface area contributed by atoms with Crippen LogP contribution in [0.25, 0.3) is 0 Å². The molecule has 0 radical (unpaired) electrons. The normalized spacial score (nSPS) is 17.8. The highest BCUT2D eigenvalue weighted by molar-refractivity contribution is 5.27. The molecule has 2 rings (SSSR count). The van der Waals surface area contributed by atoms with Gasteiger partial charge < -0.3 is 14.2 Å². The number of rotatable bonds is 11. The fourth-order valence-electron chi connectivity index (χ4n) is 3.79. The maximum atomic E-state index is 6.19. The lowest BCUT2D eigenvalue weighted by Crippen LogP contribution is -2.25. The van der Waals surface area contributed by atoms with Crippen LogP contribution in [0.1, 0.15) is 78.2 Å². The summed E-state index contributed by atoms with van der Waals surface area (Å²) in [5, 5.41) is 0. The third kappa shape index (κ3) is 8.66. The molecule has 0 spiro atoms. The molecule has 1 saturated carbocycles. The molecule has 0 bridgehead atoms. The van der Waals surface area contributed by atoms with Crippen molar-refractivity contribution in [2.45, 2.75) is 85.4 Å². The van der Waals surface area contributed by atoms with Crippen molar-refractivity contribution in [3.63, 3.8) is 0 Å². The summed E-state index contributed by atoms with van der Waals surface area (Å²) in [5.74, 6) is 0.897. The summed E-state index contributed by atoms with van der Waals surface area (Å²) in [6.07, 6.45) is 9.59. The van der Waals surface area contributed by atoms with Crippen molar-refractivity contribution in [3.05, 3.63) is 29.8 Å². The highest BCUT2D eigenvalue weighted by atomic mass is 16.7.